The lowest BCUT2D eigenvalue weighted by Gasteiger charge is -2.13. The van der Waals surface area contributed by atoms with E-state index < -0.39 is 0 Å². The zero-order valence-corrected chi connectivity index (χ0v) is 8.23. The predicted molar refractivity (Wildman–Crippen MR) is 54.8 cm³/mol. The van der Waals surface area contributed by atoms with Gasteiger partial charge in [-0.05, 0) is 13.0 Å². The molecule has 1 rings (SSSR count). The lowest BCUT2D eigenvalue weighted by molar-refractivity contribution is 0.334. The Labute approximate surface area is 84.1 Å². The highest BCUT2D eigenvalue weighted by atomic mass is 16.5. The summed E-state index contributed by atoms with van der Waals surface area (Å²) in [4.78, 5) is 0. The van der Waals surface area contributed by atoms with E-state index in [0.717, 1.165) is 11.3 Å². The molecule has 0 radical (unpaired) electrons. The van der Waals surface area contributed by atoms with Crippen molar-refractivity contribution in [2.45, 2.75) is 19.4 Å². The largest absolute Gasteiger partial charge is 0.494 e. The molecule has 0 spiro atoms. The number of nitrogens with zero attached hydrogens (tertiary/aromatic N) is 1. The predicted octanol–water partition coefficient (Wildman–Crippen LogP) is 2.00. The normalized spacial score (nSPS) is 11.8. The minimum absolute atomic E-state index is 0.261. The van der Waals surface area contributed by atoms with Gasteiger partial charge in [-0.1, -0.05) is 18.2 Å². The van der Waals surface area contributed by atoms with Gasteiger partial charge in [0.05, 0.1) is 19.1 Å². The van der Waals surface area contributed by atoms with Gasteiger partial charge in [-0.25, -0.2) is 0 Å². The highest BCUT2D eigenvalue weighted by molar-refractivity contribution is 5.36. The summed E-state index contributed by atoms with van der Waals surface area (Å²) in [6.07, 6.45) is 0.310. The van der Waals surface area contributed by atoms with Gasteiger partial charge < -0.3 is 10.5 Å². The number of nitriles is 1. The monoisotopic (exact) mass is 190 g/mol. The van der Waals surface area contributed by atoms with Crippen LogP contribution >= 0.6 is 0 Å². The molecule has 14 heavy (non-hydrogen) atoms. The summed E-state index contributed by atoms with van der Waals surface area (Å²) in [6.45, 7) is 2.53. The van der Waals surface area contributed by atoms with Gasteiger partial charge in [0.2, 0.25) is 0 Å². The standard InChI is InChI=1S/C11H14N2O/c1-2-14-11-6-4-3-5-9(11)10(13)7-8-12/h3-6,10H,2,7,13H2,1H3. The van der Waals surface area contributed by atoms with E-state index in [1.807, 2.05) is 31.2 Å². The molecule has 0 aliphatic rings. The smallest absolute Gasteiger partial charge is 0.124 e. The van der Waals surface area contributed by atoms with Crippen LogP contribution in [0.3, 0.4) is 0 Å². The van der Waals surface area contributed by atoms with Crippen LogP contribution < -0.4 is 10.5 Å². The molecule has 0 bridgehead atoms. The fourth-order valence-corrected chi connectivity index (χ4v) is 1.28. The first-order valence-electron chi connectivity index (χ1n) is 4.63. The topological polar surface area (TPSA) is 59.0 Å². The lowest BCUT2D eigenvalue weighted by atomic mass is 10.0. The molecule has 1 atom stereocenters. The van der Waals surface area contributed by atoms with Gasteiger partial charge in [0.15, 0.2) is 0 Å². The lowest BCUT2D eigenvalue weighted by Crippen LogP contribution is -2.11. The molecule has 0 aromatic heterocycles. The van der Waals surface area contributed by atoms with Crippen LogP contribution in [0.4, 0.5) is 0 Å². The van der Waals surface area contributed by atoms with E-state index >= 15 is 0 Å². The number of para-hydroxylation sites is 1. The minimum atomic E-state index is -0.261. The van der Waals surface area contributed by atoms with Gasteiger partial charge in [-0.15, -0.1) is 0 Å². The Kier molecular flexibility index (Phi) is 3.96. The van der Waals surface area contributed by atoms with Crippen LogP contribution in [0.15, 0.2) is 24.3 Å². The maximum Gasteiger partial charge on any atom is 0.124 e. The van der Waals surface area contributed by atoms with Crippen molar-refractivity contribution >= 4 is 0 Å². The number of rotatable bonds is 4. The van der Waals surface area contributed by atoms with Crippen molar-refractivity contribution < 1.29 is 4.74 Å². The first kappa shape index (κ1) is 10.6. The SMILES string of the molecule is CCOc1ccccc1C(N)CC#N. The van der Waals surface area contributed by atoms with E-state index in [4.69, 9.17) is 15.7 Å². The van der Waals surface area contributed by atoms with Gasteiger partial charge in [0.25, 0.3) is 0 Å². The highest BCUT2D eigenvalue weighted by Gasteiger charge is 2.10. The first-order chi connectivity index (χ1) is 6.79. The molecule has 0 fully saturated rings. The van der Waals surface area contributed by atoms with Crippen molar-refractivity contribution in [2.75, 3.05) is 6.61 Å². The fraction of sp³-hybridized carbons (Fsp3) is 0.364. The Balaban J connectivity index is 2.89. The molecule has 74 valence electrons. The van der Waals surface area contributed by atoms with Crippen LogP contribution in [-0.2, 0) is 0 Å². The molecule has 0 saturated carbocycles. The summed E-state index contributed by atoms with van der Waals surface area (Å²) in [7, 11) is 0. The van der Waals surface area contributed by atoms with E-state index in [1.54, 1.807) is 0 Å². The fourth-order valence-electron chi connectivity index (χ4n) is 1.28. The number of benzene rings is 1. The zero-order chi connectivity index (χ0) is 10.4. The molecule has 0 heterocycles. The maximum absolute atomic E-state index is 8.55. The number of nitrogens with two attached hydrogens (primary N) is 1. The average molecular weight is 190 g/mol. The Hall–Kier alpha value is -1.53. The molecule has 0 aliphatic carbocycles. The van der Waals surface area contributed by atoms with Crippen LogP contribution in [0.1, 0.15) is 24.9 Å². The van der Waals surface area contributed by atoms with Crippen LogP contribution in [0.2, 0.25) is 0 Å². The van der Waals surface area contributed by atoms with Crippen molar-refractivity contribution in [1.82, 2.24) is 0 Å². The van der Waals surface area contributed by atoms with E-state index in [0.29, 0.717) is 13.0 Å². The summed E-state index contributed by atoms with van der Waals surface area (Å²) in [6, 6.07) is 9.35. The highest BCUT2D eigenvalue weighted by Crippen LogP contribution is 2.24. The van der Waals surface area contributed by atoms with Crippen molar-refractivity contribution in [3.8, 4) is 11.8 Å². The summed E-state index contributed by atoms with van der Waals surface area (Å²) in [5, 5.41) is 8.55. The second kappa shape index (κ2) is 5.25. The van der Waals surface area contributed by atoms with Gasteiger partial charge in [-0.3, -0.25) is 0 Å². The van der Waals surface area contributed by atoms with Crippen LogP contribution in [-0.4, -0.2) is 6.61 Å². The van der Waals surface area contributed by atoms with Crippen molar-refractivity contribution in [3.63, 3.8) is 0 Å². The van der Waals surface area contributed by atoms with E-state index in [2.05, 4.69) is 6.07 Å². The van der Waals surface area contributed by atoms with Crippen molar-refractivity contribution in [1.29, 1.82) is 5.26 Å². The quantitative estimate of drug-likeness (QED) is 0.789. The van der Waals surface area contributed by atoms with Crippen molar-refractivity contribution in [3.05, 3.63) is 29.8 Å². The van der Waals surface area contributed by atoms with Crippen LogP contribution in [0, 0.1) is 11.3 Å². The number of hydrogen-bond acceptors (Lipinski definition) is 3. The molecule has 1 aromatic rings. The minimum Gasteiger partial charge on any atom is -0.494 e. The van der Waals surface area contributed by atoms with Crippen LogP contribution in [0.5, 0.6) is 5.75 Å². The van der Waals surface area contributed by atoms with Gasteiger partial charge in [0.1, 0.15) is 5.75 Å². The summed E-state index contributed by atoms with van der Waals surface area (Å²) in [5.74, 6) is 0.776. The molecular weight excluding hydrogens is 176 g/mol. The Morgan fingerprint density at radius 2 is 2.21 bits per heavy atom. The molecule has 0 saturated heterocycles. The van der Waals surface area contributed by atoms with Gasteiger partial charge in [0, 0.05) is 11.6 Å². The first-order valence-corrected chi connectivity index (χ1v) is 4.63. The molecule has 0 aliphatic heterocycles. The number of hydrogen-bond donors (Lipinski definition) is 1. The Morgan fingerprint density at radius 1 is 1.50 bits per heavy atom. The van der Waals surface area contributed by atoms with Crippen LogP contribution in [0.25, 0.3) is 0 Å². The Morgan fingerprint density at radius 3 is 2.86 bits per heavy atom. The molecule has 3 nitrogen and oxygen atoms in total. The zero-order valence-electron chi connectivity index (χ0n) is 8.23. The third-order valence-corrected chi connectivity index (χ3v) is 1.93. The third-order valence-electron chi connectivity index (χ3n) is 1.93. The van der Waals surface area contributed by atoms with Gasteiger partial charge >= 0.3 is 0 Å². The number of ether oxygens (including phenoxy) is 1. The van der Waals surface area contributed by atoms with E-state index in [9.17, 15) is 0 Å². The Bertz CT molecular complexity index is 330. The summed E-state index contributed by atoms with van der Waals surface area (Å²) >= 11 is 0. The summed E-state index contributed by atoms with van der Waals surface area (Å²) in [5.41, 5.74) is 6.73. The average Bonchev–Trinajstić information content (AvgIpc) is 2.19. The molecule has 3 heteroatoms. The maximum atomic E-state index is 8.55. The summed E-state index contributed by atoms with van der Waals surface area (Å²) < 4.78 is 5.42. The second-order valence-corrected chi connectivity index (χ2v) is 2.94. The molecule has 1 aromatic carbocycles. The van der Waals surface area contributed by atoms with E-state index in [1.165, 1.54) is 0 Å². The third kappa shape index (κ3) is 2.48. The van der Waals surface area contributed by atoms with Crippen molar-refractivity contribution in [2.24, 2.45) is 5.73 Å². The molecule has 2 N–H and O–H groups in total. The van der Waals surface area contributed by atoms with Gasteiger partial charge in [-0.2, -0.15) is 5.26 Å². The van der Waals surface area contributed by atoms with E-state index in [-0.39, 0.29) is 6.04 Å². The molecule has 0 amide bonds. The second-order valence-electron chi connectivity index (χ2n) is 2.94. The molecular formula is C11H14N2O. The molecule has 1 unspecified atom stereocenters.